The fourth-order valence-electron chi connectivity index (χ4n) is 8.45. The second-order valence-electron chi connectivity index (χ2n) is 11.8. The Bertz CT molecular complexity index is 951. The molecule has 186 valence electrons. The highest BCUT2D eigenvalue weighted by molar-refractivity contribution is 9.09. The molecule has 0 saturated heterocycles. The van der Waals surface area contributed by atoms with Crippen LogP contribution in [0.4, 0.5) is 0 Å². The van der Waals surface area contributed by atoms with Crippen molar-refractivity contribution in [3.8, 4) is 0 Å². The van der Waals surface area contributed by atoms with Crippen molar-refractivity contribution in [2.75, 3.05) is 0 Å². The largest absolute Gasteiger partial charge is 0.462 e. The summed E-state index contributed by atoms with van der Waals surface area (Å²) in [6.45, 7) is 6.05. The molecule has 9 atom stereocenters. The lowest BCUT2D eigenvalue weighted by molar-refractivity contribution is -0.220. The Balaban J connectivity index is 1.36. The van der Waals surface area contributed by atoms with Crippen molar-refractivity contribution in [3.05, 3.63) is 35.9 Å². The van der Waals surface area contributed by atoms with Crippen molar-refractivity contribution in [2.45, 2.75) is 94.8 Å². The zero-order chi connectivity index (χ0) is 24.3. The van der Waals surface area contributed by atoms with Crippen LogP contribution in [0.1, 0.15) is 82.5 Å². The van der Waals surface area contributed by atoms with Gasteiger partial charge in [-0.3, -0.25) is 4.79 Å². The molecule has 6 heteroatoms. The highest BCUT2D eigenvalue weighted by Crippen LogP contribution is 2.68. The fourth-order valence-corrected chi connectivity index (χ4v) is 9.59. The monoisotopic (exact) mass is 532 g/mol. The molecule has 0 unspecified atom stereocenters. The van der Waals surface area contributed by atoms with Crippen LogP contribution in [0.5, 0.6) is 0 Å². The van der Waals surface area contributed by atoms with Crippen LogP contribution >= 0.6 is 15.9 Å². The number of hydrogen-bond donors (Lipinski definition) is 1. The van der Waals surface area contributed by atoms with Gasteiger partial charge in [0.2, 0.25) is 0 Å². The van der Waals surface area contributed by atoms with Gasteiger partial charge in [0, 0.05) is 29.0 Å². The maximum Gasteiger partial charge on any atom is 0.338 e. The Morgan fingerprint density at radius 3 is 2.44 bits per heavy atom. The molecule has 1 aromatic rings. The van der Waals surface area contributed by atoms with E-state index in [1.54, 1.807) is 0 Å². The second-order valence-corrected chi connectivity index (χ2v) is 12.9. The van der Waals surface area contributed by atoms with Crippen LogP contribution in [0, 0.1) is 28.6 Å². The molecule has 0 aliphatic heterocycles. The minimum Gasteiger partial charge on any atom is -0.462 e. The van der Waals surface area contributed by atoms with Gasteiger partial charge in [-0.05, 0) is 74.8 Å². The van der Waals surface area contributed by atoms with Gasteiger partial charge < -0.3 is 14.6 Å². The molecule has 0 radical (unpaired) electrons. The first kappa shape index (κ1) is 24.3. The molecule has 34 heavy (non-hydrogen) atoms. The summed E-state index contributed by atoms with van der Waals surface area (Å²) in [6, 6.07) is 9.29. The lowest BCUT2D eigenvalue weighted by atomic mass is 9.43. The van der Waals surface area contributed by atoms with Gasteiger partial charge in [0.05, 0.1) is 11.2 Å². The van der Waals surface area contributed by atoms with Crippen molar-refractivity contribution >= 4 is 27.9 Å². The zero-order valence-corrected chi connectivity index (χ0v) is 22.1. The van der Waals surface area contributed by atoms with Crippen LogP contribution in [0.15, 0.2) is 30.3 Å². The van der Waals surface area contributed by atoms with Gasteiger partial charge in [0.15, 0.2) is 0 Å². The van der Waals surface area contributed by atoms with Gasteiger partial charge in [0.25, 0.3) is 0 Å². The van der Waals surface area contributed by atoms with Gasteiger partial charge in [-0.25, -0.2) is 4.79 Å². The molecule has 4 fully saturated rings. The highest BCUT2D eigenvalue weighted by atomic mass is 79.9. The van der Waals surface area contributed by atoms with E-state index < -0.39 is 5.60 Å². The number of carbonyl (C=O) groups excluding carboxylic acids is 2. The van der Waals surface area contributed by atoms with E-state index in [1.807, 2.05) is 30.3 Å². The topological polar surface area (TPSA) is 72.8 Å². The Labute approximate surface area is 211 Å². The predicted molar refractivity (Wildman–Crippen MR) is 132 cm³/mol. The summed E-state index contributed by atoms with van der Waals surface area (Å²) in [4.78, 5) is 24.4. The SMILES string of the molecule is CC(=O)O[C@@H]1CC[C@]2(C)[C@H]3CC[C@]4(C)[C@@H](OC(=O)c5ccccc5)CC[C@H]4[C@@H]3C[C@H](Br)[C@]2(O)C1. The van der Waals surface area contributed by atoms with E-state index in [-0.39, 0.29) is 39.8 Å². The van der Waals surface area contributed by atoms with Crippen molar-refractivity contribution in [1.82, 2.24) is 0 Å². The molecule has 0 amide bonds. The van der Waals surface area contributed by atoms with E-state index in [2.05, 4.69) is 29.8 Å². The third kappa shape index (κ3) is 3.66. The lowest BCUT2D eigenvalue weighted by Gasteiger charge is -2.65. The molecule has 0 heterocycles. The number of rotatable bonds is 3. The highest BCUT2D eigenvalue weighted by Gasteiger charge is 2.67. The first-order valence-electron chi connectivity index (χ1n) is 12.9. The van der Waals surface area contributed by atoms with Crippen LogP contribution in [-0.4, -0.2) is 39.7 Å². The molecular weight excluding hydrogens is 496 g/mol. The average Bonchev–Trinajstić information content (AvgIpc) is 3.12. The zero-order valence-electron chi connectivity index (χ0n) is 20.5. The first-order valence-corrected chi connectivity index (χ1v) is 13.8. The Kier molecular flexibility index (Phi) is 6.16. The first-order chi connectivity index (χ1) is 16.1. The summed E-state index contributed by atoms with van der Waals surface area (Å²) in [5, 5.41) is 12.0. The second kappa shape index (κ2) is 8.62. The molecule has 4 aliphatic rings. The molecule has 1 aromatic carbocycles. The number of benzene rings is 1. The summed E-state index contributed by atoms with van der Waals surface area (Å²) in [5.74, 6) is 0.895. The minimum atomic E-state index is -0.891. The standard InChI is InChI=1S/C28H37BrO5/c1-17(30)33-19-11-14-27(3)22-12-13-26(2)21(20(22)15-23(29)28(27,32)16-19)9-10-24(26)34-25(31)18-7-5-4-6-8-18/h4-8,19-24,32H,9-16H2,1-3H3/t19-,20+,21+,22+,23+,24+,26+,27-,28-/m1/s1. The number of fused-ring (bicyclic) bond motifs is 5. The van der Waals surface area contributed by atoms with Gasteiger partial charge in [-0.2, -0.15) is 0 Å². The number of carbonyl (C=O) groups is 2. The van der Waals surface area contributed by atoms with E-state index in [9.17, 15) is 14.7 Å². The molecular formula is C28H37BrO5. The van der Waals surface area contributed by atoms with Crippen molar-refractivity contribution < 1.29 is 24.2 Å². The van der Waals surface area contributed by atoms with Crippen LogP contribution in [0.25, 0.3) is 0 Å². The van der Waals surface area contributed by atoms with Gasteiger partial charge in [0.1, 0.15) is 12.2 Å². The smallest absolute Gasteiger partial charge is 0.338 e. The third-order valence-corrected chi connectivity index (χ3v) is 11.4. The molecule has 0 aromatic heterocycles. The Hall–Kier alpha value is -1.40. The van der Waals surface area contributed by atoms with Gasteiger partial charge >= 0.3 is 11.9 Å². The van der Waals surface area contributed by atoms with Crippen LogP contribution < -0.4 is 0 Å². The number of hydrogen-bond acceptors (Lipinski definition) is 5. The summed E-state index contributed by atoms with van der Waals surface area (Å²) in [7, 11) is 0. The maximum absolute atomic E-state index is 12.8. The third-order valence-electron chi connectivity index (χ3n) is 10.3. The number of halogens is 1. The molecule has 5 rings (SSSR count). The number of ether oxygens (including phenoxy) is 2. The van der Waals surface area contributed by atoms with Gasteiger partial charge in [-0.15, -0.1) is 0 Å². The number of esters is 2. The van der Waals surface area contributed by atoms with E-state index >= 15 is 0 Å². The van der Waals surface area contributed by atoms with Gasteiger partial charge in [-0.1, -0.05) is 48.0 Å². The predicted octanol–water partition coefficient (Wildman–Crippen LogP) is 5.67. The van der Waals surface area contributed by atoms with E-state index in [0.29, 0.717) is 29.7 Å². The van der Waals surface area contributed by atoms with E-state index in [4.69, 9.17) is 9.47 Å². The average molecular weight is 534 g/mol. The van der Waals surface area contributed by atoms with E-state index in [1.165, 1.54) is 6.92 Å². The van der Waals surface area contributed by atoms with Crippen LogP contribution in [0.3, 0.4) is 0 Å². The van der Waals surface area contributed by atoms with E-state index in [0.717, 1.165) is 44.9 Å². The van der Waals surface area contributed by atoms with Crippen LogP contribution in [0.2, 0.25) is 0 Å². The molecule has 0 spiro atoms. The van der Waals surface area contributed by atoms with Crippen LogP contribution in [-0.2, 0) is 14.3 Å². The molecule has 4 aliphatic carbocycles. The lowest BCUT2D eigenvalue weighted by Crippen LogP contribution is -2.67. The maximum atomic E-state index is 12.8. The normalized spacial score (nSPS) is 45.4. The molecule has 4 saturated carbocycles. The molecule has 5 nitrogen and oxygen atoms in total. The molecule has 1 N–H and O–H groups in total. The fraction of sp³-hybridized carbons (Fsp3) is 0.714. The van der Waals surface area contributed by atoms with Crippen molar-refractivity contribution in [3.63, 3.8) is 0 Å². The number of aliphatic hydroxyl groups is 1. The van der Waals surface area contributed by atoms with Crippen molar-refractivity contribution in [1.29, 1.82) is 0 Å². The van der Waals surface area contributed by atoms with Crippen molar-refractivity contribution in [2.24, 2.45) is 28.6 Å². The Morgan fingerprint density at radius 1 is 1.00 bits per heavy atom. The molecule has 0 bridgehead atoms. The summed E-state index contributed by atoms with van der Waals surface area (Å²) < 4.78 is 11.7. The number of alkyl halides is 1. The quantitative estimate of drug-likeness (QED) is 0.400. The summed E-state index contributed by atoms with van der Waals surface area (Å²) in [6.07, 6.45) is 6.82. The minimum absolute atomic E-state index is 0.0287. The Morgan fingerprint density at radius 2 is 1.74 bits per heavy atom. The summed E-state index contributed by atoms with van der Waals surface area (Å²) >= 11 is 3.90. The summed E-state index contributed by atoms with van der Waals surface area (Å²) in [5.41, 5.74) is -0.526.